The molecular weight excluding hydrogens is 296 g/mol. The second-order valence-electron chi connectivity index (χ2n) is 6.46. The van der Waals surface area contributed by atoms with Gasteiger partial charge < -0.3 is 5.73 Å². The minimum absolute atomic E-state index is 0.375. The average molecular weight is 324 g/mol. The van der Waals surface area contributed by atoms with E-state index < -0.39 is 0 Å². The van der Waals surface area contributed by atoms with Crippen molar-refractivity contribution in [1.29, 1.82) is 0 Å². The molecule has 0 aromatic heterocycles. The molecule has 0 aliphatic rings. The van der Waals surface area contributed by atoms with Gasteiger partial charge in [0.1, 0.15) is 0 Å². The summed E-state index contributed by atoms with van der Waals surface area (Å²) in [5, 5.41) is 0. The van der Waals surface area contributed by atoms with Crippen LogP contribution in [0.5, 0.6) is 0 Å². The summed E-state index contributed by atoms with van der Waals surface area (Å²) in [6.07, 6.45) is 4.31. The number of urea groups is 1. The van der Waals surface area contributed by atoms with Gasteiger partial charge in [-0.1, -0.05) is 61.4 Å². The minimum Gasteiger partial charge on any atom is -0.351 e. The van der Waals surface area contributed by atoms with Gasteiger partial charge in [-0.2, -0.15) is 0 Å². The van der Waals surface area contributed by atoms with E-state index in [0.29, 0.717) is 12.5 Å². The van der Waals surface area contributed by atoms with Crippen LogP contribution in [-0.4, -0.2) is 12.6 Å². The van der Waals surface area contributed by atoms with E-state index in [-0.39, 0.29) is 6.03 Å². The lowest BCUT2D eigenvalue weighted by molar-refractivity contribution is 0.252. The molecule has 0 saturated carbocycles. The van der Waals surface area contributed by atoms with Crippen LogP contribution in [0.2, 0.25) is 0 Å². The fourth-order valence-corrected chi connectivity index (χ4v) is 3.06. The zero-order valence-electron chi connectivity index (χ0n) is 14.7. The highest BCUT2D eigenvalue weighted by molar-refractivity contribution is 5.90. The third-order valence-corrected chi connectivity index (χ3v) is 4.43. The van der Waals surface area contributed by atoms with E-state index in [9.17, 15) is 4.79 Å². The van der Waals surface area contributed by atoms with Gasteiger partial charge in [0.25, 0.3) is 0 Å². The monoisotopic (exact) mass is 324 g/mol. The first kappa shape index (κ1) is 18.1. The Bertz CT molecular complexity index is 622. The topological polar surface area (TPSA) is 46.3 Å². The van der Waals surface area contributed by atoms with Crippen LogP contribution in [0.3, 0.4) is 0 Å². The molecule has 0 fully saturated rings. The maximum atomic E-state index is 11.9. The van der Waals surface area contributed by atoms with Gasteiger partial charge in [-0.3, -0.25) is 4.90 Å². The summed E-state index contributed by atoms with van der Waals surface area (Å²) in [5.74, 6) is 0.448. The number of hydrogen-bond donors (Lipinski definition) is 1. The Morgan fingerprint density at radius 2 is 1.71 bits per heavy atom. The Balaban J connectivity index is 2.05. The Morgan fingerprint density at radius 1 is 1.04 bits per heavy atom. The van der Waals surface area contributed by atoms with E-state index in [2.05, 4.69) is 31.2 Å². The highest BCUT2D eigenvalue weighted by atomic mass is 16.2. The lowest BCUT2D eigenvalue weighted by atomic mass is 9.94. The minimum atomic E-state index is -0.375. The first-order chi connectivity index (χ1) is 11.6. The molecule has 1 atom stereocenters. The Hall–Kier alpha value is -2.29. The van der Waals surface area contributed by atoms with Crippen molar-refractivity contribution < 1.29 is 4.79 Å². The molecule has 24 heavy (non-hydrogen) atoms. The van der Waals surface area contributed by atoms with Crippen LogP contribution < -0.4 is 10.6 Å². The summed E-state index contributed by atoms with van der Waals surface area (Å²) in [6.45, 7) is 4.91. The summed E-state index contributed by atoms with van der Waals surface area (Å²) in [5.41, 5.74) is 9.05. The number of hydrogen-bond acceptors (Lipinski definition) is 1. The number of anilines is 1. The Labute approximate surface area is 145 Å². The molecule has 128 valence electrons. The van der Waals surface area contributed by atoms with Crippen molar-refractivity contribution in [2.45, 2.75) is 39.5 Å². The smallest absolute Gasteiger partial charge is 0.319 e. The van der Waals surface area contributed by atoms with E-state index in [1.165, 1.54) is 11.1 Å². The molecule has 0 aliphatic carbocycles. The second kappa shape index (κ2) is 9.11. The number of amides is 2. The van der Waals surface area contributed by atoms with E-state index >= 15 is 0 Å². The molecule has 1 unspecified atom stereocenters. The van der Waals surface area contributed by atoms with E-state index in [1.807, 2.05) is 37.3 Å². The Morgan fingerprint density at radius 3 is 2.29 bits per heavy atom. The largest absolute Gasteiger partial charge is 0.351 e. The summed E-state index contributed by atoms with van der Waals surface area (Å²) in [4.78, 5) is 13.7. The van der Waals surface area contributed by atoms with E-state index in [4.69, 9.17) is 5.73 Å². The van der Waals surface area contributed by atoms with Crippen molar-refractivity contribution >= 4 is 11.7 Å². The van der Waals surface area contributed by atoms with Gasteiger partial charge in [-0.25, -0.2) is 4.79 Å². The van der Waals surface area contributed by atoms with Gasteiger partial charge in [0, 0.05) is 12.2 Å². The number of primary amides is 1. The normalized spacial score (nSPS) is 11.9. The van der Waals surface area contributed by atoms with Crippen molar-refractivity contribution in [3.8, 4) is 0 Å². The summed E-state index contributed by atoms with van der Waals surface area (Å²) in [6, 6.07) is 18.1. The van der Waals surface area contributed by atoms with Gasteiger partial charge in [-0.05, 0) is 49.8 Å². The summed E-state index contributed by atoms with van der Waals surface area (Å²) < 4.78 is 0. The number of nitrogens with two attached hydrogens (primary N) is 1. The van der Waals surface area contributed by atoms with Crippen molar-refractivity contribution in [1.82, 2.24) is 0 Å². The molecule has 2 rings (SSSR count). The van der Waals surface area contributed by atoms with Crippen molar-refractivity contribution in [3.63, 3.8) is 0 Å². The average Bonchev–Trinajstić information content (AvgIpc) is 2.59. The molecule has 3 heteroatoms. The van der Waals surface area contributed by atoms with Gasteiger partial charge >= 0.3 is 6.03 Å². The quantitative estimate of drug-likeness (QED) is 0.735. The lowest BCUT2D eigenvalue weighted by Crippen LogP contribution is -2.39. The zero-order chi connectivity index (χ0) is 17.4. The molecule has 0 radical (unpaired) electrons. The summed E-state index contributed by atoms with van der Waals surface area (Å²) >= 11 is 0. The molecule has 2 aromatic carbocycles. The van der Waals surface area contributed by atoms with Crippen LogP contribution in [-0.2, 0) is 6.42 Å². The molecule has 0 bridgehead atoms. The molecule has 2 N–H and O–H groups in total. The third kappa shape index (κ3) is 5.41. The SMILES string of the molecule is CCCC(CCc1ccccc1)CN(C(N)=O)c1ccc(C)cc1. The third-order valence-electron chi connectivity index (χ3n) is 4.43. The number of rotatable bonds is 8. The predicted octanol–water partition coefficient (Wildman–Crippen LogP) is 4.93. The van der Waals surface area contributed by atoms with E-state index in [0.717, 1.165) is 31.4 Å². The van der Waals surface area contributed by atoms with Crippen molar-refractivity contribution in [2.24, 2.45) is 11.7 Å². The number of carbonyl (C=O) groups excluding carboxylic acids is 1. The molecule has 0 saturated heterocycles. The predicted molar refractivity (Wildman–Crippen MR) is 101 cm³/mol. The van der Waals surface area contributed by atoms with Crippen LogP contribution in [0.15, 0.2) is 54.6 Å². The molecule has 2 aromatic rings. The van der Waals surface area contributed by atoms with Crippen LogP contribution in [0.1, 0.15) is 37.3 Å². The standard InChI is InChI=1S/C21H28N2O/c1-3-7-19(13-12-18-8-5-4-6-9-18)16-23(21(22)24)20-14-10-17(2)11-15-20/h4-6,8-11,14-15,19H,3,7,12-13,16H2,1-2H3,(H2,22,24). The number of carbonyl (C=O) groups is 1. The van der Waals surface area contributed by atoms with E-state index in [1.54, 1.807) is 4.90 Å². The number of nitrogens with zero attached hydrogens (tertiary/aromatic N) is 1. The first-order valence-electron chi connectivity index (χ1n) is 8.77. The fraction of sp³-hybridized carbons (Fsp3) is 0.381. The molecular formula is C21H28N2O. The lowest BCUT2D eigenvalue weighted by Gasteiger charge is -2.26. The highest BCUT2D eigenvalue weighted by Gasteiger charge is 2.18. The molecule has 0 aliphatic heterocycles. The van der Waals surface area contributed by atoms with Gasteiger partial charge in [0.2, 0.25) is 0 Å². The molecule has 3 nitrogen and oxygen atoms in total. The maximum Gasteiger partial charge on any atom is 0.319 e. The number of aryl methyl sites for hydroxylation is 2. The van der Waals surface area contributed by atoms with Crippen LogP contribution in [0.25, 0.3) is 0 Å². The summed E-state index contributed by atoms with van der Waals surface area (Å²) in [7, 11) is 0. The molecule has 0 spiro atoms. The Kier molecular flexibility index (Phi) is 6.86. The van der Waals surface area contributed by atoms with Crippen LogP contribution in [0.4, 0.5) is 10.5 Å². The molecule has 0 heterocycles. The highest BCUT2D eigenvalue weighted by Crippen LogP contribution is 2.21. The van der Waals surface area contributed by atoms with Crippen molar-refractivity contribution in [3.05, 3.63) is 65.7 Å². The number of benzene rings is 2. The molecule has 2 amide bonds. The van der Waals surface area contributed by atoms with Crippen molar-refractivity contribution in [2.75, 3.05) is 11.4 Å². The van der Waals surface area contributed by atoms with Crippen LogP contribution in [0, 0.1) is 12.8 Å². The first-order valence-corrected chi connectivity index (χ1v) is 8.77. The van der Waals surface area contributed by atoms with Gasteiger partial charge in [-0.15, -0.1) is 0 Å². The fourth-order valence-electron chi connectivity index (χ4n) is 3.06. The maximum absolute atomic E-state index is 11.9. The van der Waals surface area contributed by atoms with Gasteiger partial charge in [0.15, 0.2) is 0 Å². The van der Waals surface area contributed by atoms with Crippen LogP contribution >= 0.6 is 0 Å². The second-order valence-corrected chi connectivity index (χ2v) is 6.46. The zero-order valence-corrected chi connectivity index (χ0v) is 14.7. The van der Waals surface area contributed by atoms with Gasteiger partial charge in [0.05, 0.1) is 0 Å².